The van der Waals surface area contributed by atoms with Crippen LogP contribution in [-0.2, 0) is 0 Å². The molecule has 2 aromatic carbocycles. The van der Waals surface area contributed by atoms with Gasteiger partial charge < -0.3 is 12.4 Å². The molecule has 2 amide bonds. The van der Waals surface area contributed by atoms with Crippen LogP contribution in [0.2, 0.25) is 0 Å². The third-order valence-electron chi connectivity index (χ3n) is 4.57. The predicted molar refractivity (Wildman–Crippen MR) is 98.9 cm³/mol. The fraction of sp³-hybridized carbons (Fsp3) is 0.100. The summed E-state index contributed by atoms with van der Waals surface area (Å²) in [4.78, 5) is 39.2. The average Bonchev–Trinajstić information content (AvgIpc) is 2.91. The lowest BCUT2D eigenvalue weighted by molar-refractivity contribution is -0.575. The summed E-state index contributed by atoms with van der Waals surface area (Å²) in [5.74, 6) is -1.23. The van der Waals surface area contributed by atoms with Crippen molar-refractivity contribution in [2.24, 2.45) is 0 Å². The SMILES string of the molecule is CC(C(=O)[n+]1cc(Br)c2ccccc2c1)N1C(=O)c2ccccc2C1=O.[Cl-]. The third kappa shape index (κ3) is 3.05. The van der Waals surface area contributed by atoms with E-state index in [4.69, 9.17) is 0 Å². The molecule has 0 saturated heterocycles. The van der Waals surface area contributed by atoms with E-state index < -0.39 is 17.9 Å². The van der Waals surface area contributed by atoms with Crippen LogP contribution in [0.5, 0.6) is 0 Å². The molecule has 0 spiro atoms. The predicted octanol–water partition coefficient (Wildman–Crippen LogP) is 0.219. The second-order valence-electron chi connectivity index (χ2n) is 6.14. The van der Waals surface area contributed by atoms with Crippen LogP contribution in [0.4, 0.5) is 0 Å². The zero-order valence-corrected chi connectivity index (χ0v) is 16.6. The highest BCUT2D eigenvalue weighted by Gasteiger charge is 2.43. The van der Waals surface area contributed by atoms with Gasteiger partial charge in [0.05, 0.1) is 15.6 Å². The van der Waals surface area contributed by atoms with Gasteiger partial charge in [0.25, 0.3) is 11.8 Å². The molecular formula is C20H14BrClN2O3. The molecule has 7 heteroatoms. The van der Waals surface area contributed by atoms with Crippen LogP contribution < -0.4 is 17.0 Å². The highest BCUT2D eigenvalue weighted by Crippen LogP contribution is 2.25. The molecule has 1 aliphatic rings. The number of rotatable bonds is 2. The smallest absolute Gasteiger partial charge is 0.415 e. The van der Waals surface area contributed by atoms with Gasteiger partial charge in [-0.15, -0.1) is 4.57 Å². The van der Waals surface area contributed by atoms with Gasteiger partial charge in [-0.05, 0) is 41.1 Å². The van der Waals surface area contributed by atoms with Gasteiger partial charge in [0.2, 0.25) is 0 Å². The van der Waals surface area contributed by atoms with Crippen molar-refractivity contribution in [3.63, 3.8) is 0 Å². The molecule has 1 unspecified atom stereocenters. The molecular weight excluding hydrogens is 432 g/mol. The molecule has 5 nitrogen and oxygen atoms in total. The van der Waals surface area contributed by atoms with E-state index in [1.54, 1.807) is 43.6 Å². The van der Waals surface area contributed by atoms with Crippen LogP contribution in [0.15, 0.2) is 65.4 Å². The maximum Gasteiger partial charge on any atom is 0.415 e. The van der Waals surface area contributed by atoms with Gasteiger partial charge in [-0.1, -0.05) is 30.3 Å². The number of hydrogen-bond acceptors (Lipinski definition) is 3. The van der Waals surface area contributed by atoms with E-state index in [0.717, 1.165) is 20.1 Å². The monoisotopic (exact) mass is 444 g/mol. The van der Waals surface area contributed by atoms with Gasteiger partial charge in [0, 0.05) is 10.8 Å². The molecule has 1 aliphatic heterocycles. The number of pyridine rings is 1. The van der Waals surface area contributed by atoms with Crippen LogP contribution in [-0.4, -0.2) is 28.7 Å². The lowest BCUT2D eigenvalue weighted by atomic mass is 10.1. The number of carbonyl (C=O) groups is 3. The number of carbonyl (C=O) groups excluding carboxylic acids is 3. The zero-order valence-electron chi connectivity index (χ0n) is 14.2. The van der Waals surface area contributed by atoms with Gasteiger partial charge in [-0.2, -0.15) is 0 Å². The van der Waals surface area contributed by atoms with Crippen molar-refractivity contribution in [2.75, 3.05) is 0 Å². The maximum absolute atomic E-state index is 13.0. The third-order valence-corrected chi connectivity index (χ3v) is 5.21. The van der Waals surface area contributed by atoms with E-state index in [0.29, 0.717) is 11.1 Å². The van der Waals surface area contributed by atoms with Crippen molar-refractivity contribution in [3.8, 4) is 0 Å². The average molecular weight is 446 g/mol. The molecule has 0 fully saturated rings. The Morgan fingerprint density at radius 3 is 2.15 bits per heavy atom. The number of amides is 2. The van der Waals surface area contributed by atoms with E-state index in [9.17, 15) is 14.4 Å². The summed E-state index contributed by atoms with van der Waals surface area (Å²) in [5, 5.41) is 1.86. The Balaban J connectivity index is 0.00000210. The molecule has 0 radical (unpaired) electrons. The second kappa shape index (κ2) is 7.21. The number of benzene rings is 2. The fourth-order valence-corrected chi connectivity index (χ4v) is 3.80. The summed E-state index contributed by atoms with van der Waals surface area (Å²) in [6.07, 6.45) is 3.36. The van der Waals surface area contributed by atoms with Crippen molar-refractivity contribution in [1.29, 1.82) is 0 Å². The summed E-state index contributed by atoms with van der Waals surface area (Å²) in [5.41, 5.74) is 0.670. The molecule has 1 atom stereocenters. The summed E-state index contributed by atoms with van der Waals surface area (Å²) >= 11 is 3.48. The van der Waals surface area contributed by atoms with Crippen molar-refractivity contribution in [2.45, 2.75) is 13.0 Å². The minimum absolute atomic E-state index is 0. The van der Waals surface area contributed by atoms with Crippen LogP contribution >= 0.6 is 15.9 Å². The summed E-state index contributed by atoms with van der Waals surface area (Å²) in [6.45, 7) is 1.57. The highest BCUT2D eigenvalue weighted by atomic mass is 79.9. The number of aromatic nitrogens is 1. The normalized spacial score (nSPS) is 14.1. The van der Waals surface area contributed by atoms with E-state index in [2.05, 4.69) is 15.9 Å². The summed E-state index contributed by atoms with van der Waals surface area (Å²) in [7, 11) is 0. The van der Waals surface area contributed by atoms with Crippen LogP contribution in [0.3, 0.4) is 0 Å². The molecule has 2 heterocycles. The lowest BCUT2D eigenvalue weighted by Gasteiger charge is -2.18. The van der Waals surface area contributed by atoms with E-state index in [1.807, 2.05) is 24.3 Å². The molecule has 0 N–H and O–H groups in total. The first-order chi connectivity index (χ1) is 12.5. The molecule has 136 valence electrons. The van der Waals surface area contributed by atoms with Crippen LogP contribution in [0.25, 0.3) is 10.8 Å². The Bertz CT molecular complexity index is 1060. The van der Waals surface area contributed by atoms with Gasteiger partial charge in [0.15, 0.2) is 18.4 Å². The highest BCUT2D eigenvalue weighted by molar-refractivity contribution is 9.10. The first-order valence-corrected chi connectivity index (χ1v) is 8.89. The molecule has 0 aliphatic carbocycles. The first kappa shape index (κ1) is 19.2. The Labute approximate surface area is 170 Å². The van der Waals surface area contributed by atoms with Crippen molar-refractivity contribution in [3.05, 3.63) is 76.5 Å². The van der Waals surface area contributed by atoms with Crippen LogP contribution in [0, 0.1) is 0 Å². The maximum atomic E-state index is 13.0. The summed E-state index contributed by atoms with van der Waals surface area (Å²) < 4.78 is 2.18. The molecule has 1 aromatic heterocycles. The molecule has 0 saturated carbocycles. The van der Waals surface area contributed by atoms with Crippen molar-refractivity contribution in [1.82, 2.24) is 4.90 Å². The Morgan fingerprint density at radius 1 is 0.963 bits per heavy atom. The number of nitrogens with zero attached hydrogens (tertiary/aromatic N) is 2. The van der Waals surface area contributed by atoms with Gasteiger partial charge in [0.1, 0.15) is 0 Å². The minimum Gasteiger partial charge on any atom is -1.00 e. The van der Waals surface area contributed by atoms with Gasteiger partial charge in [-0.25, -0.2) is 4.79 Å². The Hall–Kier alpha value is -2.57. The van der Waals surface area contributed by atoms with Crippen LogP contribution in [0.1, 0.15) is 32.4 Å². The molecule has 3 aromatic rings. The standard InChI is InChI=1S/C20H14BrN2O3.ClH/c1-12(23-19(25)15-8-4-5-9-16(15)20(23)26)18(24)22-10-13-6-2-3-7-14(13)17(21)11-22;/h2-12H,1H3;1H/q+1;/p-1. The fourth-order valence-electron chi connectivity index (χ4n) is 3.22. The van der Waals surface area contributed by atoms with E-state index >= 15 is 0 Å². The molecule has 0 bridgehead atoms. The first-order valence-electron chi connectivity index (χ1n) is 8.09. The van der Waals surface area contributed by atoms with E-state index in [-0.39, 0.29) is 18.3 Å². The molecule has 4 rings (SSSR count). The molecule has 27 heavy (non-hydrogen) atoms. The second-order valence-corrected chi connectivity index (χ2v) is 7.00. The topological polar surface area (TPSA) is 58.3 Å². The Morgan fingerprint density at radius 2 is 1.52 bits per heavy atom. The van der Waals surface area contributed by atoms with Crippen molar-refractivity contribution < 1.29 is 31.4 Å². The number of hydrogen-bond donors (Lipinski definition) is 0. The van der Waals surface area contributed by atoms with Crippen molar-refractivity contribution >= 4 is 44.4 Å². The zero-order chi connectivity index (χ0) is 18.4. The number of fused-ring (bicyclic) bond motifs is 2. The number of halogens is 2. The van der Waals surface area contributed by atoms with E-state index in [1.165, 1.54) is 4.57 Å². The van der Waals surface area contributed by atoms with Gasteiger partial charge >= 0.3 is 5.91 Å². The quantitative estimate of drug-likeness (QED) is 0.419. The Kier molecular flexibility index (Phi) is 5.13. The minimum atomic E-state index is -0.916. The number of imide groups is 1. The largest absolute Gasteiger partial charge is 1.00 e. The lowest BCUT2D eigenvalue weighted by Crippen LogP contribution is -3.00. The summed E-state index contributed by atoms with van der Waals surface area (Å²) in [6, 6.07) is 13.3. The van der Waals surface area contributed by atoms with Gasteiger partial charge in [-0.3, -0.25) is 14.5 Å².